The molecule has 1 aliphatic rings. The van der Waals surface area contributed by atoms with Crippen molar-refractivity contribution < 1.29 is 0 Å². The van der Waals surface area contributed by atoms with Crippen molar-refractivity contribution in [2.75, 3.05) is 7.05 Å². The molecule has 0 saturated carbocycles. The van der Waals surface area contributed by atoms with E-state index in [2.05, 4.69) is 33.4 Å². The third-order valence-corrected chi connectivity index (χ3v) is 3.41. The van der Waals surface area contributed by atoms with Crippen LogP contribution in [-0.2, 0) is 12.0 Å². The number of hydrogen-bond donors (Lipinski definition) is 1. The Hall–Kier alpha value is -0.850. The number of nitrogens with one attached hydrogen (secondary N) is 1. The van der Waals surface area contributed by atoms with Gasteiger partial charge in [-0.05, 0) is 43.1 Å². The highest BCUT2D eigenvalue weighted by Gasteiger charge is 2.37. The quantitative estimate of drug-likeness (QED) is 0.831. The molecule has 0 fully saturated rings. The smallest absolute Gasteiger partial charge is 0.132 e. The molecule has 1 N–H and O–H groups in total. The molecule has 0 radical (unpaired) electrons. The molecule has 72 valence electrons. The summed E-state index contributed by atoms with van der Waals surface area (Å²) in [6.45, 7) is 0. The van der Waals surface area contributed by atoms with Crippen molar-refractivity contribution in [2.24, 2.45) is 0 Å². The van der Waals surface area contributed by atoms with E-state index in [0.29, 0.717) is 0 Å². The Kier molecular flexibility index (Phi) is 2.34. The lowest BCUT2D eigenvalue weighted by atomic mass is 9.94. The van der Waals surface area contributed by atoms with Crippen molar-refractivity contribution in [3.63, 3.8) is 0 Å². The molecule has 14 heavy (non-hydrogen) atoms. The fourth-order valence-electron chi connectivity index (χ4n) is 2.05. The SMILES string of the molecule is CNC1(C#N)CCc2ccc(Br)cc21. The molecule has 0 bridgehead atoms. The van der Waals surface area contributed by atoms with Gasteiger partial charge in [-0.3, -0.25) is 5.32 Å². The zero-order valence-corrected chi connectivity index (χ0v) is 9.56. The molecule has 1 aliphatic carbocycles. The third-order valence-electron chi connectivity index (χ3n) is 2.92. The Morgan fingerprint density at radius 3 is 3.00 bits per heavy atom. The monoisotopic (exact) mass is 250 g/mol. The van der Waals surface area contributed by atoms with Crippen LogP contribution in [0.5, 0.6) is 0 Å². The summed E-state index contributed by atoms with van der Waals surface area (Å²) in [5, 5.41) is 12.4. The van der Waals surface area contributed by atoms with Crippen LogP contribution in [0.25, 0.3) is 0 Å². The fraction of sp³-hybridized carbons (Fsp3) is 0.364. The third kappa shape index (κ3) is 1.26. The first-order valence-electron chi connectivity index (χ1n) is 4.61. The lowest BCUT2D eigenvalue weighted by molar-refractivity contribution is 0.466. The van der Waals surface area contributed by atoms with E-state index in [1.165, 1.54) is 5.56 Å². The second-order valence-electron chi connectivity index (χ2n) is 3.57. The second-order valence-corrected chi connectivity index (χ2v) is 4.48. The maximum atomic E-state index is 9.23. The Bertz CT molecular complexity index is 408. The number of halogens is 1. The summed E-state index contributed by atoms with van der Waals surface area (Å²) in [5.41, 5.74) is 1.93. The van der Waals surface area contributed by atoms with Crippen molar-refractivity contribution >= 4 is 15.9 Å². The van der Waals surface area contributed by atoms with Gasteiger partial charge in [0, 0.05) is 4.47 Å². The van der Waals surface area contributed by atoms with Crippen LogP contribution in [0.15, 0.2) is 22.7 Å². The molecule has 1 aromatic rings. The average molecular weight is 251 g/mol. The first-order chi connectivity index (χ1) is 6.72. The Balaban J connectivity index is 2.58. The highest BCUT2D eigenvalue weighted by Crippen LogP contribution is 2.37. The standard InChI is InChI=1S/C11H11BrN2/c1-14-11(7-13)5-4-8-2-3-9(12)6-10(8)11/h2-3,6,14H,4-5H2,1H3. The molecule has 2 nitrogen and oxygen atoms in total. The van der Waals surface area contributed by atoms with Gasteiger partial charge in [-0.15, -0.1) is 0 Å². The number of rotatable bonds is 1. The Morgan fingerprint density at radius 2 is 2.36 bits per heavy atom. The lowest BCUT2D eigenvalue weighted by Gasteiger charge is -2.21. The van der Waals surface area contributed by atoms with Gasteiger partial charge in [0.1, 0.15) is 5.54 Å². The van der Waals surface area contributed by atoms with Crippen LogP contribution in [0.1, 0.15) is 17.5 Å². The van der Waals surface area contributed by atoms with Gasteiger partial charge >= 0.3 is 0 Å². The predicted molar refractivity (Wildman–Crippen MR) is 58.8 cm³/mol. The van der Waals surface area contributed by atoms with Crippen LogP contribution in [0, 0.1) is 11.3 Å². The van der Waals surface area contributed by atoms with E-state index < -0.39 is 5.54 Å². The number of fused-ring (bicyclic) bond motifs is 1. The number of nitrogens with zero attached hydrogens (tertiary/aromatic N) is 1. The van der Waals surface area contributed by atoms with Crippen molar-refractivity contribution in [1.29, 1.82) is 5.26 Å². The lowest BCUT2D eigenvalue weighted by Crippen LogP contribution is -2.36. The predicted octanol–water partition coefficient (Wildman–Crippen LogP) is 2.33. The van der Waals surface area contributed by atoms with E-state index in [0.717, 1.165) is 22.9 Å². The molecule has 0 aliphatic heterocycles. The van der Waals surface area contributed by atoms with Crippen LogP contribution < -0.4 is 5.32 Å². The Labute approximate surface area is 92.1 Å². The molecule has 1 unspecified atom stereocenters. The van der Waals surface area contributed by atoms with E-state index in [-0.39, 0.29) is 0 Å². The number of nitriles is 1. The summed E-state index contributed by atoms with van der Waals surface area (Å²) in [6, 6.07) is 8.55. The molecular weight excluding hydrogens is 240 g/mol. The van der Waals surface area contributed by atoms with Crippen molar-refractivity contribution in [1.82, 2.24) is 5.32 Å². The minimum Gasteiger partial charge on any atom is -0.299 e. The minimum absolute atomic E-state index is 0.473. The van der Waals surface area contributed by atoms with Gasteiger partial charge in [-0.25, -0.2) is 0 Å². The van der Waals surface area contributed by atoms with E-state index in [1.54, 1.807) is 0 Å². The maximum absolute atomic E-state index is 9.23. The van der Waals surface area contributed by atoms with Crippen LogP contribution in [0.2, 0.25) is 0 Å². The molecule has 2 rings (SSSR count). The van der Waals surface area contributed by atoms with Crippen LogP contribution in [0.4, 0.5) is 0 Å². The van der Waals surface area contributed by atoms with E-state index in [1.807, 2.05) is 19.2 Å². The molecule has 0 aromatic heterocycles. The average Bonchev–Trinajstić information content (AvgIpc) is 2.57. The van der Waals surface area contributed by atoms with Gasteiger partial charge in [0.25, 0.3) is 0 Å². The van der Waals surface area contributed by atoms with E-state index in [4.69, 9.17) is 0 Å². The maximum Gasteiger partial charge on any atom is 0.132 e. The highest BCUT2D eigenvalue weighted by atomic mass is 79.9. The summed E-state index contributed by atoms with van der Waals surface area (Å²) in [5.74, 6) is 0. The first kappa shape index (κ1) is 9.70. The summed E-state index contributed by atoms with van der Waals surface area (Å²) >= 11 is 3.44. The fourth-order valence-corrected chi connectivity index (χ4v) is 2.41. The zero-order chi connectivity index (χ0) is 10.2. The van der Waals surface area contributed by atoms with Crippen molar-refractivity contribution in [2.45, 2.75) is 18.4 Å². The molecule has 1 aromatic carbocycles. The molecule has 1 atom stereocenters. The number of aryl methyl sites for hydroxylation is 1. The van der Waals surface area contributed by atoms with Gasteiger partial charge < -0.3 is 0 Å². The molecule has 0 spiro atoms. The summed E-state index contributed by atoms with van der Waals surface area (Å²) < 4.78 is 1.04. The summed E-state index contributed by atoms with van der Waals surface area (Å²) in [4.78, 5) is 0. The van der Waals surface area contributed by atoms with E-state index >= 15 is 0 Å². The zero-order valence-electron chi connectivity index (χ0n) is 7.97. The summed E-state index contributed by atoms with van der Waals surface area (Å²) in [7, 11) is 1.85. The Morgan fingerprint density at radius 1 is 1.57 bits per heavy atom. The van der Waals surface area contributed by atoms with Crippen molar-refractivity contribution in [3.8, 4) is 6.07 Å². The molecular formula is C11H11BrN2. The molecule has 3 heteroatoms. The van der Waals surface area contributed by atoms with Gasteiger partial charge in [0.2, 0.25) is 0 Å². The van der Waals surface area contributed by atoms with Gasteiger partial charge in [0.05, 0.1) is 6.07 Å². The van der Waals surface area contributed by atoms with Gasteiger partial charge in [0.15, 0.2) is 0 Å². The normalized spacial score (nSPS) is 24.4. The first-order valence-corrected chi connectivity index (χ1v) is 5.40. The number of hydrogen-bond acceptors (Lipinski definition) is 2. The summed E-state index contributed by atoms with van der Waals surface area (Å²) in [6.07, 6.45) is 1.85. The topological polar surface area (TPSA) is 35.8 Å². The molecule has 0 amide bonds. The highest BCUT2D eigenvalue weighted by molar-refractivity contribution is 9.10. The second kappa shape index (κ2) is 3.38. The van der Waals surface area contributed by atoms with Gasteiger partial charge in [-0.1, -0.05) is 22.0 Å². The van der Waals surface area contributed by atoms with Crippen LogP contribution in [0.3, 0.4) is 0 Å². The van der Waals surface area contributed by atoms with Crippen LogP contribution >= 0.6 is 15.9 Å². The van der Waals surface area contributed by atoms with E-state index in [9.17, 15) is 5.26 Å². The number of benzene rings is 1. The largest absolute Gasteiger partial charge is 0.299 e. The van der Waals surface area contributed by atoms with Crippen LogP contribution in [-0.4, -0.2) is 7.05 Å². The molecule has 0 saturated heterocycles. The van der Waals surface area contributed by atoms with Crippen molar-refractivity contribution in [3.05, 3.63) is 33.8 Å². The van der Waals surface area contributed by atoms with Gasteiger partial charge in [-0.2, -0.15) is 5.26 Å². The molecule has 0 heterocycles. The minimum atomic E-state index is -0.473.